The van der Waals surface area contributed by atoms with E-state index in [9.17, 15) is 9.18 Å². The van der Waals surface area contributed by atoms with Gasteiger partial charge in [0.2, 0.25) is 0 Å². The van der Waals surface area contributed by atoms with Crippen molar-refractivity contribution < 1.29 is 23.6 Å². The van der Waals surface area contributed by atoms with Crippen LogP contribution in [0.4, 0.5) is 4.39 Å². The van der Waals surface area contributed by atoms with E-state index in [2.05, 4.69) is 0 Å². The Morgan fingerprint density at radius 1 is 1.20 bits per heavy atom. The van der Waals surface area contributed by atoms with Crippen molar-refractivity contribution in [2.24, 2.45) is 0 Å². The first-order valence-electron chi connectivity index (χ1n) is 6.44. The average molecular weight is 280 g/mol. The first-order valence-corrected chi connectivity index (χ1v) is 6.44. The first kappa shape index (κ1) is 15.0. The summed E-state index contributed by atoms with van der Waals surface area (Å²) in [4.78, 5) is 11.0. The molecule has 0 amide bonds. The molecule has 2 rings (SSSR count). The van der Waals surface area contributed by atoms with Crippen LogP contribution in [0, 0.1) is 12.7 Å². The molecule has 108 valence electrons. The van der Waals surface area contributed by atoms with Crippen molar-refractivity contribution in [2.45, 2.75) is 45.8 Å². The predicted molar refractivity (Wildman–Crippen MR) is 73.8 cm³/mol. The summed E-state index contributed by atoms with van der Waals surface area (Å²) in [6.07, 6.45) is 0. The number of hydrogen-bond donors (Lipinski definition) is 1. The number of aryl methyl sites for hydroxylation is 1. The van der Waals surface area contributed by atoms with Gasteiger partial charge >= 0.3 is 13.1 Å². The van der Waals surface area contributed by atoms with Gasteiger partial charge in [0.1, 0.15) is 5.82 Å². The summed E-state index contributed by atoms with van der Waals surface area (Å²) in [5.41, 5.74) is -0.280. The van der Waals surface area contributed by atoms with E-state index in [1.807, 2.05) is 27.7 Å². The topological polar surface area (TPSA) is 55.8 Å². The molecule has 0 spiro atoms. The molecule has 1 aromatic rings. The van der Waals surface area contributed by atoms with Crippen LogP contribution in [0.15, 0.2) is 12.1 Å². The quantitative estimate of drug-likeness (QED) is 0.843. The smallest absolute Gasteiger partial charge is 0.478 e. The highest BCUT2D eigenvalue weighted by molar-refractivity contribution is 6.62. The van der Waals surface area contributed by atoms with Crippen molar-refractivity contribution in [1.29, 1.82) is 0 Å². The van der Waals surface area contributed by atoms with Crippen molar-refractivity contribution in [2.75, 3.05) is 0 Å². The zero-order valence-corrected chi connectivity index (χ0v) is 12.3. The number of aromatic carboxylic acids is 1. The molecule has 1 aliphatic heterocycles. The van der Waals surface area contributed by atoms with Gasteiger partial charge in [0.05, 0.1) is 16.8 Å². The lowest BCUT2D eigenvalue weighted by atomic mass is 9.75. The van der Waals surface area contributed by atoms with Crippen molar-refractivity contribution in [3.8, 4) is 0 Å². The van der Waals surface area contributed by atoms with Crippen LogP contribution in [-0.4, -0.2) is 29.4 Å². The highest BCUT2D eigenvalue weighted by Gasteiger charge is 2.52. The summed E-state index contributed by atoms with van der Waals surface area (Å²) >= 11 is 0. The molecule has 0 bridgehead atoms. The zero-order valence-electron chi connectivity index (χ0n) is 12.3. The molecule has 1 fully saturated rings. The SMILES string of the molecule is Cc1cc(F)c(C(=O)O)cc1B1OC(C)(C)C(C)(C)O1. The fourth-order valence-corrected chi connectivity index (χ4v) is 2.08. The molecule has 1 heterocycles. The Hall–Kier alpha value is -1.40. The number of carbonyl (C=O) groups is 1. The number of carboxylic acids is 1. The molecule has 1 aromatic carbocycles. The number of rotatable bonds is 2. The number of halogens is 1. The molecule has 1 N–H and O–H groups in total. The predicted octanol–water partition coefficient (Wildman–Crippen LogP) is 2.13. The van der Waals surface area contributed by atoms with Crippen LogP contribution in [0.1, 0.15) is 43.6 Å². The van der Waals surface area contributed by atoms with E-state index in [0.717, 1.165) is 0 Å². The molecule has 1 saturated heterocycles. The van der Waals surface area contributed by atoms with Gasteiger partial charge in [-0.05, 0) is 57.8 Å². The molecule has 0 atom stereocenters. The van der Waals surface area contributed by atoms with Crippen LogP contribution in [0.3, 0.4) is 0 Å². The largest absolute Gasteiger partial charge is 0.495 e. The first-order chi connectivity index (χ1) is 9.05. The molecular formula is C14H18BFO4. The fraction of sp³-hybridized carbons (Fsp3) is 0.500. The lowest BCUT2D eigenvalue weighted by Crippen LogP contribution is -2.41. The fourth-order valence-electron chi connectivity index (χ4n) is 2.08. The van der Waals surface area contributed by atoms with Crippen molar-refractivity contribution >= 4 is 18.6 Å². The summed E-state index contributed by atoms with van der Waals surface area (Å²) < 4.78 is 25.3. The summed E-state index contributed by atoms with van der Waals surface area (Å²) in [6, 6.07) is 2.49. The molecule has 4 nitrogen and oxygen atoms in total. The van der Waals surface area contributed by atoms with Crippen LogP contribution in [0.5, 0.6) is 0 Å². The van der Waals surface area contributed by atoms with Gasteiger partial charge in [0.25, 0.3) is 0 Å². The molecule has 0 unspecified atom stereocenters. The lowest BCUT2D eigenvalue weighted by molar-refractivity contribution is 0.00578. The van der Waals surface area contributed by atoms with Gasteiger partial charge < -0.3 is 14.4 Å². The van der Waals surface area contributed by atoms with Gasteiger partial charge in [-0.25, -0.2) is 9.18 Å². The van der Waals surface area contributed by atoms with Crippen LogP contribution >= 0.6 is 0 Å². The Morgan fingerprint density at radius 2 is 1.70 bits per heavy atom. The minimum absolute atomic E-state index is 0.375. The molecule has 0 aliphatic carbocycles. The Bertz CT molecular complexity index is 553. The molecule has 20 heavy (non-hydrogen) atoms. The normalized spacial score (nSPS) is 20.2. The minimum atomic E-state index is -1.31. The lowest BCUT2D eigenvalue weighted by Gasteiger charge is -2.32. The molecule has 0 radical (unpaired) electrons. The Morgan fingerprint density at radius 3 is 2.15 bits per heavy atom. The maximum atomic E-state index is 13.6. The third-order valence-corrected chi connectivity index (χ3v) is 4.09. The second-order valence-corrected chi connectivity index (χ2v) is 6.08. The van der Waals surface area contributed by atoms with Crippen LogP contribution < -0.4 is 5.46 Å². The summed E-state index contributed by atoms with van der Waals surface area (Å²) in [7, 11) is -0.696. The Kier molecular flexibility index (Phi) is 3.43. The monoisotopic (exact) mass is 280 g/mol. The summed E-state index contributed by atoms with van der Waals surface area (Å²) in [5, 5.41) is 9.01. The van der Waals surface area contributed by atoms with Crippen molar-refractivity contribution in [3.63, 3.8) is 0 Å². The van der Waals surface area contributed by atoms with Crippen LogP contribution in [-0.2, 0) is 9.31 Å². The number of carboxylic acid groups (broad SMARTS) is 1. The second-order valence-electron chi connectivity index (χ2n) is 6.08. The summed E-state index contributed by atoms with van der Waals surface area (Å²) in [5.74, 6) is -2.06. The van der Waals surface area contributed by atoms with Gasteiger partial charge in [-0.3, -0.25) is 0 Å². The molecule has 0 aromatic heterocycles. The van der Waals surface area contributed by atoms with E-state index >= 15 is 0 Å². The van der Waals surface area contributed by atoms with E-state index in [0.29, 0.717) is 11.0 Å². The number of benzene rings is 1. The standard InChI is InChI=1S/C14H18BFO4/c1-8-6-11(16)9(12(17)18)7-10(8)15-19-13(2,3)14(4,5)20-15/h6-7H,1-5H3,(H,17,18). The van der Waals surface area contributed by atoms with Gasteiger partial charge in [0, 0.05) is 0 Å². The Labute approximate surface area is 118 Å². The molecular weight excluding hydrogens is 262 g/mol. The second kappa shape index (κ2) is 4.57. The van der Waals surface area contributed by atoms with E-state index in [1.165, 1.54) is 12.1 Å². The summed E-state index contributed by atoms with van der Waals surface area (Å²) in [6.45, 7) is 9.33. The molecule has 0 saturated carbocycles. The van der Waals surface area contributed by atoms with E-state index < -0.39 is 30.1 Å². The van der Waals surface area contributed by atoms with Gasteiger partial charge in [0.15, 0.2) is 0 Å². The Balaban J connectivity index is 2.45. The van der Waals surface area contributed by atoms with Gasteiger partial charge in [-0.2, -0.15) is 0 Å². The highest BCUT2D eigenvalue weighted by Crippen LogP contribution is 2.36. The molecule has 6 heteroatoms. The zero-order chi connectivity index (χ0) is 15.3. The maximum Gasteiger partial charge on any atom is 0.495 e. The van der Waals surface area contributed by atoms with Crippen molar-refractivity contribution in [3.05, 3.63) is 29.1 Å². The molecule has 1 aliphatic rings. The third-order valence-electron chi connectivity index (χ3n) is 4.09. The average Bonchev–Trinajstić information content (AvgIpc) is 2.47. The van der Waals surface area contributed by atoms with Crippen molar-refractivity contribution in [1.82, 2.24) is 0 Å². The van der Waals surface area contributed by atoms with Crippen LogP contribution in [0.25, 0.3) is 0 Å². The number of hydrogen-bond acceptors (Lipinski definition) is 3. The van der Waals surface area contributed by atoms with E-state index in [1.54, 1.807) is 6.92 Å². The third kappa shape index (κ3) is 2.34. The van der Waals surface area contributed by atoms with E-state index in [4.69, 9.17) is 14.4 Å². The minimum Gasteiger partial charge on any atom is -0.478 e. The van der Waals surface area contributed by atoms with Gasteiger partial charge in [-0.1, -0.05) is 0 Å². The van der Waals surface area contributed by atoms with Gasteiger partial charge in [-0.15, -0.1) is 0 Å². The highest BCUT2D eigenvalue weighted by atomic mass is 19.1. The van der Waals surface area contributed by atoms with Crippen LogP contribution in [0.2, 0.25) is 0 Å². The van der Waals surface area contributed by atoms with E-state index in [-0.39, 0.29) is 5.56 Å². The maximum absolute atomic E-state index is 13.6.